The van der Waals surface area contributed by atoms with E-state index in [1.54, 1.807) is 26.0 Å². The fraction of sp³-hybridized carbons (Fsp3) is 0.400. The van der Waals surface area contributed by atoms with Crippen LogP contribution >= 0.6 is 0 Å². The van der Waals surface area contributed by atoms with Crippen molar-refractivity contribution >= 4 is 35.6 Å². The van der Waals surface area contributed by atoms with Gasteiger partial charge < -0.3 is 10.2 Å². The van der Waals surface area contributed by atoms with Crippen LogP contribution in [0.4, 0.5) is 0 Å². The van der Waals surface area contributed by atoms with E-state index in [0.29, 0.717) is 36.8 Å². The van der Waals surface area contributed by atoms with Gasteiger partial charge in [-0.3, -0.25) is 29.0 Å². The van der Waals surface area contributed by atoms with E-state index < -0.39 is 59.5 Å². The molecule has 4 rings (SSSR count). The first kappa shape index (κ1) is 28.7. The molecule has 10 nitrogen and oxygen atoms in total. The van der Waals surface area contributed by atoms with Crippen molar-refractivity contribution in [2.75, 3.05) is 0 Å². The first-order chi connectivity index (χ1) is 18.9. The number of nitrogens with zero attached hydrogens (tertiary/aromatic N) is 2. The summed E-state index contributed by atoms with van der Waals surface area (Å²) in [4.78, 5) is 78.5. The van der Waals surface area contributed by atoms with Gasteiger partial charge in [-0.05, 0) is 60.1 Å². The molecule has 0 spiro atoms. The molecule has 40 heavy (non-hydrogen) atoms. The molecular weight excluding hydrogens is 516 g/mol. The molecule has 2 aliphatic rings. The van der Waals surface area contributed by atoms with Crippen molar-refractivity contribution in [3.8, 4) is 11.1 Å². The predicted octanol–water partition coefficient (Wildman–Crippen LogP) is 4.32. The van der Waals surface area contributed by atoms with E-state index in [1.807, 2.05) is 13.8 Å². The Morgan fingerprint density at radius 1 is 0.625 bits per heavy atom. The average Bonchev–Trinajstić information content (AvgIpc) is 3.29. The summed E-state index contributed by atoms with van der Waals surface area (Å²) in [7, 11) is 0. The van der Waals surface area contributed by atoms with Crippen molar-refractivity contribution in [2.24, 2.45) is 11.8 Å². The molecule has 0 fully saturated rings. The molecular formula is C30H32N2O8. The zero-order valence-corrected chi connectivity index (χ0v) is 22.8. The van der Waals surface area contributed by atoms with Gasteiger partial charge in [-0.25, -0.2) is 9.59 Å². The molecule has 0 saturated carbocycles. The van der Waals surface area contributed by atoms with Crippen LogP contribution in [0.1, 0.15) is 94.8 Å². The maximum Gasteiger partial charge on any atom is 0.327 e. The molecule has 0 saturated heterocycles. The Balaban J connectivity index is 1.69. The quantitative estimate of drug-likeness (QED) is 0.394. The number of imide groups is 2. The molecule has 0 aliphatic carbocycles. The molecule has 0 aromatic heterocycles. The molecule has 2 aromatic carbocycles. The topological polar surface area (TPSA) is 149 Å². The first-order valence-corrected chi connectivity index (χ1v) is 13.4. The van der Waals surface area contributed by atoms with Gasteiger partial charge in [0.05, 0.1) is 22.3 Å². The smallest absolute Gasteiger partial charge is 0.327 e. The van der Waals surface area contributed by atoms with E-state index in [0.717, 1.165) is 9.80 Å². The SMILES string of the molecule is CCC[C@H](C)[C@@H](C(=O)O)N1C(=O)c2ccc(-c3ccc4c(c3)C(=O)N([C@H](C(=O)O)[C@@H](C)CCC)C4=O)cc2C1=O. The monoisotopic (exact) mass is 548 g/mol. The minimum absolute atomic E-state index is 0.0568. The summed E-state index contributed by atoms with van der Waals surface area (Å²) in [6.07, 6.45) is 2.43. The van der Waals surface area contributed by atoms with E-state index in [1.165, 1.54) is 24.3 Å². The fourth-order valence-corrected chi connectivity index (χ4v) is 5.83. The summed E-state index contributed by atoms with van der Waals surface area (Å²) < 4.78 is 0. The Hall–Kier alpha value is -4.34. The van der Waals surface area contributed by atoms with Crippen LogP contribution in [0, 0.1) is 11.8 Å². The van der Waals surface area contributed by atoms with Gasteiger partial charge in [-0.2, -0.15) is 0 Å². The number of aliphatic carboxylic acids is 2. The lowest BCUT2D eigenvalue weighted by atomic mass is 9.95. The summed E-state index contributed by atoms with van der Waals surface area (Å²) >= 11 is 0. The first-order valence-electron chi connectivity index (χ1n) is 13.4. The van der Waals surface area contributed by atoms with Gasteiger partial charge in [0, 0.05) is 0 Å². The average molecular weight is 549 g/mol. The molecule has 4 atom stereocenters. The second kappa shape index (κ2) is 11.0. The van der Waals surface area contributed by atoms with Gasteiger partial charge in [0.15, 0.2) is 0 Å². The molecule has 10 heteroatoms. The highest BCUT2D eigenvalue weighted by Crippen LogP contribution is 2.35. The van der Waals surface area contributed by atoms with E-state index in [-0.39, 0.29) is 22.3 Å². The molecule has 4 amide bonds. The third-order valence-corrected chi connectivity index (χ3v) is 7.80. The third kappa shape index (κ3) is 4.67. The molecule has 2 aliphatic heterocycles. The van der Waals surface area contributed by atoms with Crippen molar-refractivity contribution in [1.82, 2.24) is 9.80 Å². The second-order valence-corrected chi connectivity index (χ2v) is 10.6. The number of carbonyl (C=O) groups is 6. The van der Waals surface area contributed by atoms with Crippen molar-refractivity contribution in [2.45, 2.75) is 65.5 Å². The van der Waals surface area contributed by atoms with Crippen molar-refractivity contribution in [3.63, 3.8) is 0 Å². The molecule has 2 N–H and O–H groups in total. The van der Waals surface area contributed by atoms with Gasteiger partial charge in [-0.1, -0.05) is 52.7 Å². The molecule has 0 bridgehead atoms. The number of hydrogen-bond donors (Lipinski definition) is 2. The Bertz CT molecular complexity index is 1320. The largest absolute Gasteiger partial charge is 0.480 e. The van der Waals surface area contributed by atoms with E-state index in [2.05, 4.69) is 0 Å². The highest BCUT2D eigenvalue weighted by Gasteiger charge is 2.46. The summed E-state index contributed by atoms with van der Waals surface area (Å²) in [6, 6.07) is 6.42. The highest BCUT2D eigenvalue weighted by atomic mass is 16.4. The van der Waals surface area contributed by atoms with Gasteiger partial charge in [0.2, 0.25) is 0 Å². The Labute approximate surface area is 231 Å². The summed E-state index contributed by atoms with van der Waals surface area (Å²) in [5, 5.41) is 19.7. The van der Waals surface area contributed by atoms with Crippen molar-refractivity contribution < 1.29 is 39.0 Å². The third-order valence-electron chi connectivity index (χ3n) is 7.80. The van der Waals surface area contributed by atoms with Crippen LogP contribution in [0.25, 0.3) is 11.1 Å². The lowest BCUT2D eigenvalue weighted by Crippen LogP contribution is -2.48. The number of benzene rings is 2. The van der Waals surface area contributed by atoms with Crippen LogP contribution in [-0.4, -0.2) is 67.7 Å². The van der Waals surface area contributed by atoms with E-state index in [9.17, 15) is 39.0 Å². The maximum absolute atomic E-state index is 13.3. The number of amides is 4. The van der Waals surface area contributed by atoms with Crippen LogP contribution in [0.3, 0.4) is 0 Å². The highest BCUT2D eigenvalue weighted by molar-refractivity contribution is 6.24. The number of hydrogen-bond acceptors (Lipinski definition) is 6. The maximum atomic E-state index is 13.3. The van der Waals surface area contributed by atoms with Gasteiger partial charge in [0.25, 0.3) is 23.6 Å². The predicted molar refractivity (Wildman–Crippen MR) is 144 cm³/mol. The normalized spacial score (nSPS) is 17.5. The fourth-order valence-electron chi connectivity index (χ4n) is 5.83. The van der Waals surface area contributed by atoms with Crippen LogP contribution in [-0.2, 0) is 9.59 Å². The summed E-state index contributed by atoms with van der Waals surface area (Å²) in [6.45, 7) is 7.18. The van der Waals surface area contributed by atoms with E-state index in [4.69, 9.17) is 0 Å². The van der Waals surface area contributed by atoms with Crippen LogP contribution < -0.4 is 0 Å². The molecule has 0 unspecified atom stereocenters. The summed E-state index contributed by atoms with van der Waals surface area (Å²) in [5.41, 5.74) is 1.26. The number of carboxylic acids is 2. The molecule has 2 heterocycles. The Morgan fingerprint density at radius 2 is 0.950 bits per heavy atom. The standard InChI is InChI=1S/C30H32N2O8/c1-5-7-15(3)23(29(37)38)31-25(33)19-11-9-17(13-21(19)27(31)35)18-10-12-20-22(14-18)28(36)32(26(20)34)24(30(39)40)16(4)8-6-2/h9-16,23-24H,5-8H2,1-4H3,(H,37,38)(H,39,40)/t15-,16-,23-,24-/m0/s1. The number of fused-ring (bicyclic) bond motifs is 2. The Kier molecular flexibility index (Phi) is 7.91. The molecule has 0 radical (unpaired) electrons. The summed E-state index contributed by atoms with van der Waals surface area (Å²) in [5.74, 6) is -6.15. The number of rotatable bonds is 11. The van der Waals surface area contributed by atoms with Crippen molar-refractivity contribution in [1.29, 1.82) is 0 Å². The number of carboxylic acid groups (broad SMARTS) is 2. The zero-order valence-electron chi connectivity index (χ0n) is 22.8. The Morgan fingerprint density at radius 3 is 1.25 bits per heavy atom. The minimum Gasteiger partial charge on any atom is -0.480 e. The van der Waals surface area contributed by atoms with Gasteiger partial charge in [-0.15, -0.1) is 0 Å². The van der Waals surface area contributed by atoms with E-state index >= 15 is 0 Å². The van der Waals surface area contributed by atoms with Crippen LogP contribution in [0.15, 0.2) is 36.4 Å². The lowest BCUT2D eigenvalue weighted by molar-refractivity contribution is -0.144. The molecule has 2 aromatic rings. The van der Waals surface area contributed by atoms with Crippen molar-refractivity contribution in [3.05, 3.63) is 58.7 Å². The van der Waals surface area contributed by atoms with Crippen LogP contribution in [0.2, 0.25) is 0 Å². The number of carbonyl (C=O) groups excluding carboxylic acids is 4. The van der Waals surface area contributed by atoms with Gasteiger partial charge >= 0.3 is 11.9 Å². The van der Waals surface area contributed by atoms with Gasteiger partial charge in [0.1, 0.15) is 12.1 Å². The molecule has 210 valence electrons. The van der Waals surface area contributed by atoms with Crippen LogP contribution in [0.5, 0.6) is 0 Å². The minimum atomic E-state index is -1.30. The second-order valence-electron chi connectivity index (χ2n) is 10.6. The lowest BCUT2D eigenvalue weighted by Gasteiger charge is -2.27. The zero-order chi connectivity index (χ0) is 29.5.